The maximum atomic E-state index is 12.1. The maximum absolute atomic E-state index is 12.1. The summed E-state index contributed by atoms with van der Waals surface area (Å²) in [5.41, 5.74) is 0.748. The van der Waals surface area contributed by atoms with Crippen LogP contribution in [0, 0.1) is 6.92 Å². The fourth-order valence-electron chi connectivity index (χ4n) is 2.75. The largest absolute Gasteiger partial charge is 0.388 e. The van der Waals surface area contributed by atoms with Gasteiger partial charge in [-0.05, 0) is 38.8 Å². The molecule has 1 aliphatic rings. The van der Waals surface area contributed by atoms with Crippen molar-refractivity contribution in [1.29, 1.82) is 0 Å². The number of amides is 2. The number of aryl methyl sites for hydroxylation is 1. The molecule has 0 aromatic heterocycles. The number of aliphatic hydroxyl groups is 1. The van der Waals surface area contributed by atoms with Crippen LogP contribution in [0.25, 0.3) is 0 Å². The van der Waals surface area contributed by atoms with Crippen LogP contribution in [-0.4, -0.2) is 35.1 Å². The van der Waals surface area contributed by atoms with Crippen molar-refractivity contribution in [1.82, 2.24) is 10.6 Å². The molecule has 0 heterocycles. The van der Waals surface area contributed by atoms with E-state index in [1.807, 2.05) is 19.1 Å². The highest BCUT2D eigenvalue weighted by atomic mass is 16.3. The number of benzene rings is 1. The molecule has 120 valence electrons. The molecular formula is C17H24N2O3. The molecule has 2 amide bonds. The van der Waals surface area contributed by atoms with Gasteiger partial charge >= 0.3 is 0 Å². The number of carbonyl (C=O) groups excluding carboxylic acids is 2. The molecule has 0 radical (unpaired) electrons. The first-order valence-electron chi connectivity index (χ1n) is 7.77. The zero-order chi connectivity index (χ0) is 16.2. The van der Waals surface area contributed by atoms with Gasteiger partial charge in [-0.25, -0.2) is 0 Å². The summed E-state index contributed by atoms with van der Waals surface area (Å²) in [5.74, 6) is -0.549. The fraction of sp³-hybridized carbons (Fsp3) is 0.529. The highest BCUT2D eigenvalue weighted by molar-refractivity contribution is 5.97. The lowest BCUT2D eigenvalue weighted by atomic mass is 10.0. The van der Waals surface area contributed by atoms with Crippen LogP contribution in [-0.2, 0) is 4.79 Å². The normalized spacial score (nSPS) is 17.8. The summed E-state index contributed by atoms with van der Waals surface area (Å²) in [6.45, 7) is 3.80. The summed E-state index contributed by atoms with van der Waals surface area (Å²) < 4.78 is 0. The van der Waals surface area contributed by atoms with Gasteiger partial charge in [0.2, 0.25) is 5.91 Å². The van der Waals surface area contributed by atoms with Gasteiger partial charge in [-0.2, -0.15) is 0 Å². The summed E-state index contributed by atoms with van der Waals surface area (Å²) in [6, 6.07) is 6.58. The van der Waals surface area contributed by atoms with Crippen molar-refractivity contribution in [3.8, 4) is 0 Å². The van der Waals surface area contributed by atoms with Crippen LogP contribution in [0.15, 0.2) is 24.3 Å². The summed E-state index contributed by atoms with van der Waals surface area (Å²) in [5, 5.41) is 15.6. The van der Waals surface area contributed by atoms with E-state index in [0.29, 0.717) is 5.56 Å². The molecule has 5 heteroatoms. The molecule has 5 nitrogen and oxygen atoms in total. The van der Waals surface area contributed by atoms with Crippen LogP contribution < -0.4 is 10.6 Å². The number of carbonyl (C=O) groups is 2. The second kappa shape index (κ2) is 6.92. The molecule has 0 bridgehead atoms. The number of hydrogen-bond acceptors (Lipinski definition) is 3. The SMILES string of the molecule is Cc1cccc(C(=O)NC(C)C(=O)NCC2(O)CCCC2)c1. The lowest BCUT2D eigenvalue weighted by molar-refractivity contribution is -0.123. The van der Waals surface area contributed by atoms with Crippen LogP contribution in [0.4, 0.5) is 0 Å². The summed E-state index contributed by atoms with van der Waals surface area (Å²) >= 11 is 0. The van der Waals surface area contributed by atoms with Crippen LogP contribution in [0.2, 0.25) is 0 Å². The van der Waals surface area contributed by atoms with Crippen molar-refractivity contribution in [2.45, 2.75) is 51.2 Å². The molecule has 0 spiro atoms. The van der Waals surface area contributed by atoms with E-state index in [1.165, 1.54) is 0 Å². The highest BCUT2D eigenvalue weighted by Gasteiger charge is 2.31. The average molecular weight is 304 g/mol. The lowest BCUT2D eigenvalue weighted by Crippen LogP contribution is -2.49. The predicted octanol–water partition coefficient (Wildman–Crippen LogP) is 1.53. The molecule has 22 heavy (non-hydrogen) atoms. The molecule has 3 N–H and O–H groups in total. The van der Waals surface area contributed by atoms with Crippen LogP contribution in [0.1, 0.15) is 48.5 Å². The fourth-order valence-corrected chi connectivity index (χ4v) is 2.75. The molecule has 2 rings (SSSR count). The highest BCUT2D eigenvalue weighted by Crippen LogP contribution is 2.28. The quantitative estimate of drug-likeness (QED) is 0.772. The smallest absolute Gasteiger partial charge is 0.251 e. The van der Waals surface area contributed by atoms with E-state index >= 15 is 0 Å². The van der Waals surface area contributed by atoms with Gasteiger partial charge in [0.1, 0.15) is 6.04 Å². The number of hydrogen-bond donors (Lipinski definition) is 3. The third kappa shape index (κ3) is 4.31. The number of nitrogens with one attached hydrogen (secondary N) is 2. The Balaban J connectivity index is 1.84. The molecule has 1 aliphatic carbocycles. The molecular weight excluding hydrogens is 280 g/mol. The molecule has 1 unspecified atom stereocenters. The monoisotopic (exact) mass is 304 g/mol. The minimum Gasteiger partial charge on any atom is -0.388 e. The van der Waals surface area contributed by atoms with Crippen molar-refractivity contribution in [2.24, 2.45) is 0 Å². The molecule has 1 aromatic carbocycles. The Bertz CT molecular complexity index is 551. The number of rotatable bonds is 5. The van der Waals surface area contributed by atoms with Crippen molar-refractivity contribution < 1.29 is 14.7 Å². The lowest BCUT2D eigenvalue weighted by Gasteiger charge is -2.23. The minimum atomic E-state index is -0.782. The van der Waals surface area contributed by atoms with E-state index in [0.717, 1.165) is 31.2 Å². The Kier molecular flexibility index (Phi) is 5.19. The summed E-state index contributed by atoms with van der Waals surface area (Å²) in [6.07, 6.45) is 3.42. The van der Waals surface area contributed by atoms with Crippen molar-refractivity contribution in [2.75, 3.05) is 6.54 Å². The molecule has 1 aromatic rings. The van der Waals surface area contributed by atoms with E-state index in [1.54, 1.807) is 19.1 Å². The summed E-state index contributed by atoms with van der Waals surface area (Å²) in [7, 11) is 0. The van der Waals surface area contributed by atoms with Crippen LogP contribution in [0.5, 0.6) is 0 Å². The van der Waals surface area contributed by atoms with Gasteiger partial charge in [0.05, 0.1) is 5.60 Å². The molecule has 0 saturated heterocycles. The topological polar surface area (TPSA) is 78.4 Å². The van der Waals surface area contributed by atoms with Gasteiger partial charge in [-0.15, -0.1) is 0 Å². The molecule has 1 fully saturated rings. The Hall–Kier alpha value is -1.88. The van der Waals surface area contributed by atoms with Crippen molar-refractivity contribution >= 4 is 11.8 Å². The maximum Gasteiger partial charge on any atom is 0.251 e. The Labute approximate surface area is 131 Å². The minimum absolute atomic E-state index is 0.247. The van der Waals surface area contributed by atoms with Gasteiger partial charge in [0.25, 0.3) is 5.91 Å². The van der Waals surface area contributed by atoms with Gasteiger partial charge in [0.15, 0.2) is 0 Å². The Morgan fingerprint density at radius 3 is 2.64 bits per heavy atom. The van der Waals surface area contributed by atoms with E-state index < -0.39 is 11.6 Å². The van der Waals surface area contributed by atoms with E-state index in [2.05, 4.69) is 10.6 Å². The Morgan fingerprint density at radius 2 is 2.00 bits per heavy atom. The predicted molar refractivity (Wildman–Crippen MR) is 84.5 cm³/mol. The zero-order valence-corrected chi connectivity index (χ0v) is 13.2. The van der Waals surface area contributed by atoms with Gasteiger partial charge in [-0.1, -0.05) is 30.5 Å². The molecule has 1 atom stereocenters. The van der Waals surface area contributed by atoms with Gasteiger partial charge < -0.3 is 15.7 Å². The molecule has 1 saturated carbocycles. The first kappa shape index (κ1) is 16.5. The first-order chi connectivity index (χ1) is 10.4. The van der Waals surface area contributed by atoms with Gasteiger partial charge in [0, 0.05) is 12.1 Å². The standard InChI is InChI=1S/C17H24N2O3/c1-12-6-5-7-14(10-12)16(21)19-13(2)15(20)18-11-17(22)8-3-4-9-17/h5-7,10,13,22H,3-4,8-9,11H2,1-2H3,(H,18,20)(H,19,21). The van der Waals surface area contributed by atoms with E-state index in [-0.39, 0.29) is 18.4 Å². The Morgan fingerprint density at radius 1 is 1.32 bits per heavy atom. The third-order valence-corrected chi connectivity index (χ3v) is 4.15. The zero-order valence-electron chi connectivity index (χ0n) is 13.2. The first-order valence-corrected chi connectivity index (χ1v) is 7.77. The van der Waals surface area contributed by atoms with E-state index in [9.17, 15) is 14.7 Å². The van der Waals surface area contributed by atoms with Crippen LogP contribution in [0.3, 0.4) is 0 Å². The summed E-state index contributed by atoms with van der Waals surface area (Å²) in [4.78, 5) is 24.1. The molecule has 0 aliphatic heterocycles. The van der Waals surface area contributed by atoms with Gasteiger partial charge in [-0.3, -0.25) is 9.59 Å². The van der Waals surface area contributed by atoms with Crippen LogP contribution >= 0.6 is 0 Å². The average Bonchev–Trinajstić information content (AvgIpc) is 2.92. The van der Waals surface area contributed by atoms with E-state index in [4.69, 9.17) is 0 Å². The second-order valence-corrected chi connectivity index (χ2v) is 6.21. The second-order valence-electron chi connectivity index (χ2n) is 6.21. The van der Waals surface area contributed by atoms with Crippen molar-refractivity contribution in [3.63, 3.8) is 0 Å². The van der Waals surface area contributed by atoms with Crippen molar-refractivity contribution in [3.05, 3.63) is 35.4 Å². The third-order valence-electron chi connectivity index (χ3n) is 4.15.